The van der Waals surface area contributed by atoms with Crippen molar-refractivity contribution in [1.82, 2.24) is 5.32 Å². The van der Waals surface area contributed by atoms with Crippen LogP contribution < -0.4 is 19.5 Å². The molecule has 0 saturated heterocycles. The van der Waals surface area contributed by atoms with Crippen LogP contribution in [-0.4, -0.2) is 25.7 Å². The van der Waals surface area contributed by atoms with Crippen molar-refractivity contribution in [2.75, 3.05) is 13.7 Å². The van der Waals surface area contributed by atoms with Crippen LogP contribution in [0.4, 0.5) is 0 Å². The Balaban J connectivity index is 1.79. The summed E-state index contributed by atoms with van der Waals surface area (Å²) in [6.07, 6.45) is 1.04. The Morgan fingerprint density at radius 2 is 2.15 bits per heavy atom. The van der Waals surface area contributed by atoms with E-state index in [1.54, 1.807) is 25.3 Å². The van der Waals surface area contributed by atoms with Gasteiger partial charge in [-0.1, -0.05) is 0 Å². The fourth-order valence-corrected chi connectivity index (χ4v) is 3.41. The van der Waals surface area contributed by atoms with Crippen molar-refractivity contribution in [3.63, 3.8) is 0 Å². The first kappa shape index (κ1) is 18.6. The number of halogens is 1. The average Bonchev–Trinajstić information content (AvgIpc) is 2.99. The van der Waals surface area contributed by atoms with Gasteiger partial charge in [0.2, 0.25) is 0 Å². The molecule has 0 aromatic heterocycles. The molecule has 1 N–H and O–H groups in total. The first-order valence-corrected chi connectivity index (χ1v) is 9.38. The highest BCUT2D eigenvalue weighted by Gasteiger charge is 2.22. The Bertz CT molecular complexity index is 822. The van der Waals surface area contributed by atoms with Gasteiger partial charge in [-0.15, -0.1) is 0 Å². The molecule has 0 bridgehead atoms. The number of benzene rings is 2. The minimum atomic E-state index is -0.187. The van der Waals surface area contributed by atoms with Crippen LogP contribution >= 0.6 is 15.9 Å². The monoisotopic (exact) mass is 419 g/mol. The number of amides is 1. The normalized spacial score (nSPS) is 15.2. The molecular formula is C20H22BrNO4. The summed E-state index contributed by atoms with van der Waals surface area (Å²) < 4.78 is 17.5. The number of hydrogen-bond acceptors (Lipinski definition) is 4. The highest BCUT2D eigenvalue weighted by atomic mass is 79.9. The maximum absolute atomic E-state index is 12.6. The maximum atomic E-state index is 12.6. The van der Waals surface area contributed by atoms with E-state index in [1.807, 2.05) is 26.0 Å². The minimum absolute atomic E-state index is 0.164. The van der Waals surface area contributed by atoms with Gasteiger partial charge in [0.15, 0.2) is 0 Å². The summed E-state index contributed by atoms with van der Waals surface area (Å²) in [4.78, 5) is 12.6. The van der Waals surface area contributed by atoms with Crippen molar-refractivity contribution in [2.45, 2.75) is 32.9 Å². The van der Waals surface area contributed by atoms with E-state index in [1.165, 1.54) is 0 Å². The van der Waals surface area contributed by atoms with E-state index < -0.39 is 0 Å². The Hall–Kier alpha value is -2.21. The van der Waals surface area contributed by atoms with Crippen LogP contribution in [0.5, 0.6) is 17.2 Å². The largest absolute Gasteiger partial charge is 0.497 e. The zero-order valence-corrected chi connectivity index (χ0v) is 16.7. The number of rotatable bonds is 6. The second-order valence-corrected chi connectivity index (χ2v) is 7.02. The van der Waals surface area contributed by atoms with E-state index in [2.05, 4.69) is 21.2 Å². The van der Waals surface area contributed by atoms with Crippen molar-refractivity contribution in [3.8, 4) is 17.2 Å². The molecule has 0 fully saturated rings. The van der Waals surface area contributed by atoms with Crippen LogP contribution in [-0.2, 0) is 13.0 Å². The first-order valence-electron chi connectivity index (χ1n) is 8.58. The third kappa shape index (κ3) is 3.96. The number of methoxy groups -OCH3 is 1. The molecule has 1 aliphatic heterocycles. The van der Waals surface area contributed by atoms with E-state index in [0.717, 1.165) is 29.0 Å². The quantitative estimate of drug-likeness (QED) is 0.765. The highest BCUT2D eigenvalue weighted by molar-refractivity contribution is 9.10. The van der Waals surface area contributed by atoms with Crippen molar-refractivity contribution in [1.29, 1.82) is 0 Å². The van der Waals surface area contributed by atoms with E-state index in [4.69, 9.17) is 14.2 Å². The lowest BCUT2D eigenvalue weighted by atomic mass is 10.1. The van der Waals surface area contributed by atoms with Gasteiger partial charge < -0.3 is 19.5 Å². The molecule has 3 rings (SSSR count). The molecule has 0 unspecified atom stereocenters. The van der Waals surface area contributed by atoms with Crippen molar-refractivity contribution in [2.24, 2.45) is 0 Å². The smallest absolute Gasteiger partial charge is 0.252 e. The van der Waals surface area contributed by atoms with Gasteiger partial charge >= 0.3 is 0 Å². The van der Waals surface area contributed by atoms with Gasteiger partial charge in [-0.2, -0.15) is 0 Å². The molecule has 2 aromatic rings. The molecule has 138 valence electrons. The van der Waals surface area contributed by atoms with Gasteiger partial charge in [-0.05, 0) is 60.1 Å². The molecule has 0 aliphatic carbocycles. The summed E-state index contributed by atoms with van der Waals surface area (Å²) in [5.74, 6) is 2.10. The number of ether oxygens (including phenoxy) is 3. The van der Waals surface area contributed by atoms with E-state index >= 15 is 0 Å². The van der Waals surface area contributed by atoms with E-state index in [0.29, 0.717) is 28.9 Å². The molecule has 2 aromatic carbocycles. The van der Waals surface area contributed by atoms with Gasteiger partial charge in [0.25, 0.3) is 5.91 Å². The van der Waals surface area contributed by atoms with Gasteiger partial charge in [-0.25, -0.2) is 0 Å². The summed E-state index contributed by atoms with van der Waals surface area (Å²) in [6, 6.07) is 9.28. The summed E-state index contributed by atoms with van der Waals surface area (Å²) >= 11 is 3.41. The maximum Gasteiger partial charge on any atom is 0.252 e. The molecule has 0 spiro atoms. The molecule has 0 radical (unpaired) electrons. The number of nitrogens with one attached hydrogen (secondary N) is 1. The number of fused-ring (bicyclic) bond motifs is 1. The number of carbonyl (C=O) groups is 1. The average molecular weight is 420 g/mol. The van der Waals surface area contributed by atoms with Crippen LogP contribution in [0, 0.1) is 0 Å². The summed E-state index contributed by atoms with van der Waals surface area (Å²) in [5, 5.41) is 2.95. The third-order valence-electron chi connectivity index (χ3n) is 4.24. The van der Waals surface area contributed by atoms with Crippen molar-refractivity contribution >= 4 is 21.8 Å². The highest BCUT2D eigenvalue weighted by Crippen LogP contribution is 2.35. The SMILES string of the molecule is CCOc1cc2c(cc1CNC(=O)c1cc(OC)ccc1Br)O[C@@H](C)C2. The standard InChI is InChI=1S/C20H22BrNO4/c1-4-25-18-8-13-7-12(2)26-19(13)9-14(18)11-22-20(23)16-10-15(24-3)5-6-17(16)21/h5-6,8-10,12H,4,7,11H2,1-3H3,(H,22,23)/t12-/m0/s1. The summed E-state index contributed by atoms with van der Waals surface area (Å²) in [6.45, 7) is 4.91. The van der Waals surface area contributed by atoms with Gasteiger partial charge in [0, 0.05) is 28.6 Å². The first-order chi connectivity index (χ1) is 12.5. The van der Waals surface area contributed by atoms with Crippen LogP contribution in [0.3, 0.4) is 0 Å². The fraction of sp³-hybridized carbons (Fsp3) is 0.350. The number of carbonyl (C=O) groups excluding carboxylic acids is 1. The minimum Gasteiger partial charge on any atom is -0.497 e. The molecule has 6 heteroatoms. The second-order valence-electron chi connectivity index (χ2n) is 6.16. The predicted molar refractivity (Wildman–Crippen MR) is 103 cm³/mol. The van der Waals surface area contributed by atoms with Crippen molar-refractivity contribution < 1.29 is 19.0 Å². The van der Waals surface area contributed by atoms with Crippen molar-refractivity contribution in [3.05, 3.63) is 51.5 Å². The summed E-state index contributed by atoms with van der Waals surface area (Å²) in [7, 11) is 1.57. The van der Waals surface area contributed by atoms with Crippen LogP contribution in [0.1, 0.15) is 35.3 Å². The Kier molecular flexibility index (Phi) is 5.71. The van der Waals surface area contributed by atoms with Crippen LogP contribution in [0.15, 0.2) is 34.8 Å². The molecule has 0 saturated carbocycles. The topological polar surface area (TPSA) is 56.8 Å². The molecule has 1 heterocycles. The lowest BCUT2D eigenvalue weighted by molar-refractivity contribution is 0.0949. The van der Waals surface area contributed by atoms with E-state index in [9.17, 15) is 4.79 Å². The number of hydrogen-bond donors (Lipinski definition) is 1. The molecule has 26 heavy (non-hydrogen) atoms. The molecular weight excluding hydrogens is 398 g/mol. The van der Waals surface area contributed by atoms with Gasteiger partial charge in [0.1, 0.15) is 23.4 Å². The fourth-order valence-electron chi connectivity index (χ4n) is 2.99. The zero-order valence-electron chi connectivity index (χ0n) is 15.1. The molecule has 1 atom stereocenters. The Morgan fingerprint density at radius 1 is 1.35 bits per heavy atom. The zero-order chi connectivity index (χ0) is 18.7. The predicted octanol–water partition coefficient (Wildman–Crippen LogP) is 4.11. The van der Waals surface area contributed by atoms with Crippen LogP contribution in [0.2, 0.25) is 0 Å². The molecule has 1 amide bonds. The second kappa shape index (κ2) is 7.99. The third-order valence-corrected chi connectivity index (χ3v) is 4.93. The molecule has 5 nitrogen and oxygen atoms in total. The van der Waals surface area contributed by atoms with Crippen LogP contribution in [0.25, 0.3) is 0 Å². The molecule has 1 aliphatic rings. The lowest BCUT2D eigenvalue weighted by Crippen LogP contribution is -2.23. The summed E-state index contributed by atoms with van der Waals surface area (Å²) in [5.41, 5.74) is 2.56. The Morgan fingerprint density at radius 3 is 2.88 bits per heavy atom. The van der Waals surface area contributed by atoms with Gasteiger partial charge in [0.05, 0.1) is 19.3 Å². The van der Waals surface area contributed by atoms with Gasteiger partial charge in [-0.3, -0.25) is 4.79 Å². The Labute approximate surface area is 161 Å². The van der Waals surface area contributed by atoms with E-state index in [-0.39, 0.29) is 12.0 Å². The lowest BCUT2D eigenvalue weighted by Gasteiger charge is -2.14.